The molecule has 4 rings (SSSR count). The van der Waals surface area contributed by atoms with Crippen LogP contribution in [0.15, 0.2) is 83.2 Å². The minimum absolute atomic E-state index is 0.0548. The van der Waals surface area contributed by atoms with Gasteiger partial charge in [0.25, 0.3) is 5.69 Å². The van der Waals surface area contributed by atoms with Gasteiger partial charge in [0.2, 0.25) is 0 Å². The standard InChI is InChI=1S/C22H15Cl2N3O2S/c23-17-8-11-19(24)20(12-17)25-22-26(13-15-4-2-1-3-5-15)21(14-30-22)16-6-9-18(10-7-16)27(28)29/h1-12,14H,13H2. The Hall–Kier alpha value is -2.93. The molecule has 0 aliphatic heterocycles. The Kier molecular flexibility index (Phi) is 5.99. The summed E-state index contributed by atoms with van der Waals surface area (Å²) in [6.45, 7) is 0.591. The van der Waals surface area contributed by atoms with E-state index in [1.165, 1.54) is 23.5 Å². The maximum absolute atomic E-state index is 11.0. The zero-order valence-corrected chi connectivity index (χ0v) is 17.9. The summed E-state index contributed by atoms with van der Waals surface area (Å²) in [5.41, 5.74) is 3.53. The van der Waals surface area contributed by atoms with Crippen molar-refractivity contribution < 1.29 is 4.92 Å². The molecule has 0 unspecified atom stereocenters. The van der Waals surface area contributed by atoms with Crippen LogP contribution in [0, 0.1) is 10.1 Å². The van der Waals surface area contributed by atoms with E-state index in [9.17, 15) is 10.1 Å². The minimum atomic E-state index is -0.405. The van der Waals surface area contributed by atoms with E-state index >= 15 is 0 Å². The predicted octanol–water partition coefficient (Wildman–Crippen LogP) is 6.71. The fraction of sp³-hybridized carbons (Fsp3) is 0.0455. The number of aromatic nitrogens is 1. The van der Waals surface area contributed by atoms with Crippen LogP contribution in [0.1, 0.15) is 5.56 Å². The first-order valence-corrected chi connectivity index (χ1v) is 10.6. The van der Waals surface area contributed by atoms with Crippen LogP contribution in [-0.2, 0) is 6.54 Å². The molecule has 0 spiro atoms. The van der Waals surface area contributed by atoms with E-state index in [1.807, 2.05) is 35.7 Å². The smallest absolute Gasteiger partial charge is 0.269 e. The van der Waals surface area contributed by atoms with Gasteiger partial charge in [-0.3, -0.25) is 10.1 Å². The van der Waals surface area contributed by atoms with E-state index in [0.717, 1.165) is 21.6 Å². The molecule has 5 nitrogen and oxygen atoms in total. The summed E-state index contributed by atoms with van der Waals surface area (Å²) < 4.78 is 2.07. The summed E-state index contributed by atoms with van der Waals surface area (Å²) in [6.07, 6.45) is 0. The van der Waals surface area contributed by atoms with E-state index < -0.39 is 4.92 Å². The first-order chi connectivity index (χ1) is 14.5. The van der Waals surface area contributed by atoms with Crippen LogP contribution in [0.25, 0.3) is 11.3 Å². The molecule has 0 aliphatic carbocycles. The Balaban J connectivity index is 1.85. The van der Waals surface area contributed by atoms with Gasteiger partial charge in [0.05, 0.1) is 27.9 Å². The molecule has 0 amide bonds. The Morgan fingerprint density at radius 2 is 1.73 bits per heavy atom. The summed E-state index contributed by atoms with van der Waals surface area (Å²) in [5.74, 6) is 0. The zero-order chi connectivity index (χ0) is 21.1. The average Bonchev–Trinajstić information content (AvgIpc) is 3.13. The number of non-ortho nitro benzene ring substituents is 1. The third-order valence-electron chi connectivity index (χ3n) is 4.48. The topological polar surface area (TPSA) is 60.4 Å². The number of hydrogen-bond donors (Lipinski definition) is 0. The summed E-state index contributed by atoms with van der Waals surface area (Å²) in [7, 11) is 0. The van der Waals surface area contributed by atoms with E-state index in [-0.39, 0.29) is 5.69 Å². The lowest BCUT2D eigenvalue weighted by molar-refractivity contribution is -0.384. The fourth-order valence-corrected chi connectivity index (χ4v) is 4.24. The Labute approximate surface area is 186 Å². The number of halogens is 2. The number of benzene rings is 3. The highest BCUT2D eigenvalue weighted by Crippen LogP contribution is 2.29. The van der Waals surface area contributed by atoms with Gasteiger partial charge in [-0.1, -0.05) is 53.5 Å². The number of nitrogens with zero attached hydrogens (tertiary/aromatic N) is 3. The molecule has 150 valence electrons. The summed E-state index contributed by atoms with van der Waals surface area (Å²) in [6, 6.07) is 21.7. The highest BCUT2D eigenvalue weighted by atomic mass is 35.5. The van der Waals surface area contributed by atoms with Gasteiger partial charge in [-0.05, 0) is 41.5 Å². The molecular weight excluding hydrogens is 441 g/mol. The highest BCUT2D eigenvalue weighted by molar-refractivity contribution is 7.07. The van der Waals surface area contributed by atoms with Crippen LogP contribution in [0.4, 0.5) is 11.4 Å². The molecule has 0 atom stereocenters. The van der Waals surface area contributed by atoms with E-state index in [1.54, 1.807) is 30.3 Å². The zero-order valence-electron chi connectivity index (χ0n) is 15.5. The lowest BCUT2D eigenvalue weighted by Gasteiger charge is -2.10. The van der Waals surface area contributed by atoms with Crippen molar-refractivity contribution in [3.63, 3.8) is 0 Å². The van der Waals surface area contributed by atoms with Gasteiger partial charge in [-0.15, -0.1) is 11.3 Å². The largest absolute Gasteiger partial charge is 0.312 e. The van der Waals surface area contributed by atoms with Crippen molar-refractivity contribution in [3.05, 3.63) is 109 Å². The molecule has 1 heterocycles. The molecule has 0 saturated carbocycles. The van der Waals surface area contributed by atoms with Crippen molar-refractivity contribution in [1.82, 2.24) is 4.57 Å². The molecule has 4 aromatic rings. The van der Waals surface area contributed by atoms with Crippen LogP contribution in [-0.4, -0.2) is 9.49 Å². The number of thiazole rings is 1. The van der Waals surface area contributed by atoms with Crippen LogP contribution in [0.5, 0.6) is 0 Å². The highest BCUT2D eigenvalue weighted by Gasteiger charge is 2.12. The van der Waals surface area contributed by atoms with E-state index in [0.29, 0.717) is 22.3 Å². The van der Waals surface area contributed by atoms with Gasteiger partial charge in [0.1, 0.15) is 0 Å². The van der Waals surface area contributed by atoms with Crippen molar-refractivity contribution >= 4 is 45.9 Å². The molecule has 1 aromatic heterocycles. The molecule has 3 aromatic carbocycles. The number of nitro groups is 1. The van der Waals surface area contributed by atoms with Gasteiger partial charge in [0.15, 0.2) is 4.80 Å². The summed E-state index contributed by atoms with van der Waals surface area (Å²) >= 11 is 13.9. The minimum Gasteiger partial charge on any atom is -0.312 e. The fourth-order valence-electron chi connectivity index (χ4n) is 3.00. The van der Waals surface area contributed by atoms with E-state index in [2.05, 4.69) is 4.57 Å². The maximum atomic E-state index is 11.0. The Bertz CT molecular complexity index is 1270. The van der Waals surface area contributed by atoms with Gasteiger partial charge in [-0.25, -0.2) is 4.99 Å². The maximum Gasteiger partial charge on any atom is 0.269 e. The second-order valence-electron chi connectivity index (χ2n) is 6.49. The van der Waals surface area contributed by atoms with Crippen molar-refractivity contribution in [2.24, 2.45) is 4.99 Å². The second-order valence-corrected chi connectivity index (χ2v) is 8.17. The van der Waals surface area contributed by atoms with Crippen molar-refractivity contribution in [3.8, 4) is 11.3 Å². The molecule has 30 heavy (non-hydrogen) atoms. The predicted molar refractivity (Wildman–Crippen MR) is 122 cm³/mol. The number of hydrogen-bond acceptors (Lipinski definition) is 4. The van der Waals surface area contributed by atoms with Crippen LogP contribution in [0.3, 0.4) is 0 Å². The lowest BCUT2D eigenvalue weighted by Crippen LogP contribution is -2.16. The van der Waals surface area contributed by atoms with Gasteiger partial charge in [-0.2, -0.15) is 0 Å². The lowest BCUT2D eigenvalue weighted by atomic mass is 10.1. The molecular formula is C22H15Cl2N3O2S. The SMILES string of the molecule is O=[N+]([O-])c1ccc(-c2csc(=Nc3cc(Cl)ccc3Cl)n2Cc2ccccc2)cc1. The molecule has 0 radical (unpaired) electrons. The Morgan fingerprint density at radius 3 is 2.43 bits per heavy atom. The molecule has 0 N–H and O–H groups in total. The number of rotatable bonds is 5. The van der Waals surface area contributed by atoms with E-state index in [4.69, 9.17) is 28.2 Å². The van der Waals surface area contributed by atoms with Crippen LogP contribution >= 0.6 is 34.5 Å². The molecule has 0 saturated heterocycles. The van der Waals surface area contributed by atoms with Crippen molar-refractivity contribution in [1.29, 1.82) is 0 Å². The van der Waals surface area contributed by atoms with Crippen molar-refractivity contribution in [2.45, 2.75) is 6.54 Å². The third-order valence-corrected chi connectivity index (χ3v) is 5.90. The second kappa shape index (κ2) is 8.83. The van der Waals surface area contributed by atoms with Gasteiger partial charge in [0, 0.05) is 22.5 Å². The Morgan fingerprint density at radius 1 is 1.00 bits per heavy atom. The molecule has 0 aliphatic rings. The number of nitro benzene ring substituents is 1. The first-order valence-electron chi connectivity index (χ1n) is 8.98. The third kappa shape index (κ3) is 4.46. The summed E-state index contributed by atoms with van der Waals surface area (Å²) in [5, 5.41) is 14.0. The average molecular weight is 456 g/mol. The molecule has 0 fully saturated rings. The quantitative estimate of drug-likeness (QED) is 0.248. The van der Waals surface area contributed by atoms with Crippen LogP contribution in [0.2, 0.25) is 10.0 Å². The molecule has 0 bridgehead atoms. The molecule has 8 heteroatoms. The van der Waals surface area contributed by atoms with Gasteiger partial charge >= 0.3 is 0 Å². The monoisotopic (exact) mass is 455 g/mol. The first kappa shape index (κ1) is 20.3. The summed E-state index contributed by atoms with van der Waals surface area (Å²) in [4.78, 5) is 16.1. The van der Waals surface area contributed by atoms with Crippen LogP contribution < -0.4 is 4.80 Å². The normalized spacial score (nSPS) is 11.6. The van der Waals surface area contributed by atoms with Gasteiger partial charge < -0.3 is 4.57 Å². The van der Waals surface area contributed by atoms with Crippen molar-refractivity contribution in [2.75, 3.05) is 0 Å².